The molecule has 16 heavy (non-hydrogen) atoms. The van der Waals surface area contributed by atoms with E-state index in [-0.39, 0.29) is 6.10 Å². The second kappa shape index (κ2) is 5.75. The van der Waals surface area contributed by atoms with Crippen molar-refractivity contribution in [2.45, 2.75) is 13.0 Å². The maximum atomic E-state index is 10.4. The quantitative estimate of drug-likeness (QED) is 0.610. The molecule has 1 unspecified atom stereocenters. The number of benzene rings is 1. The van der Waals surface area contributed by atoms with Crippen molar-refractivity contribution in [3.05, 3.63) is 48.6 Å². The van der Waals surface area contributed by atoms with Gasteiger partial charge in [-0.3, -0.25) is 0 Å². The second-order valence-electron chi connectivity index (χ2n) is 3.30. The number of rotatable bonds is 5. The van der Waals surface area contributed by atoms with Crippen LogP contribution < -0.4 is 4.74 Å². The molecule has 1 aromatic carbocycles. The van der Waals surface area contributed by atoms with E-state index in [1.165, 1.54) is 6.08 Å². The summed E-state index contributed by atoms with van der Waals surface area (Å²) in [5.74, 6) is -0.272. The van der Waals surface area contributed by atoms with Crippen molar-refractivity contribution in [2.24, 2.45) is 0 Å². The molecular weight excluding hydrogens is 204 g/mol. The molecule has 0 aliphatic heterocycles. The molecule has 0 bridgehead atoms. The molecule has 0 radical (unpaired) electrons. The Morgan fingerprint density at radius 1 is 1.56 bits per heavy atom. The van der Waals surface area contributed by atoms with Crippen LogP contribution in [0.3, 0.4) is 0 Å². The molecule has 0 aliphatic carbocycles. The highest BCUT2D eigenvalue weighted by atomic mass is 16.5. The maximum Gasteiger partial charge on any atom is 0.328 e. The van der Waals surface area contributed by atoms with Gasteiger partial charge in [-0.15, -0.1) is 0 Å². The highest BCUT2D eigenvalue weighted by Crippen LogP contribution is 2.16. The Bertz CT molecular complexity index is 407. The van der Waals surface area contributed by atoms with Crippen molar-refractivity contribution in [1.29, 1.82) is 0 Å². The van der Waals surface area contributed by atoms with Crippen LogP contribution in [0.5, 0.6) is 5.75 Å². The summed E-state index contributed by atoms with van der Waals surface area (Å²) in [6, 6.07) is 7.22. The lowest BCUT2D eigenvalue weighted by Crippen LogP contribution is -2.07. The maximum absolute atomic E-state index is 10.4. The standard InChI is InChI=1S/C13H14O3/c1-3-10(2)16-12-6-4-5-11(9-12)7-8-13(14)15/h3-10H,1H2,2H3,(H,14,15). The zero-order chi connectivity index (χ0) is 12.0. The molecule has 0 spiro atoms. The lowest BCUT2D eigenvalue weighted by Gasteiger charge is -2.10. The second-order valence-corrected chi connectivity index (χ2v) is 3.30. The van der Waals surface area contributed by atoms with E-state index in [0.717, 1.165) is 11.6 Å². The van der Waals surface area contributed by atoms with E-state index in [0.29, 0.717) is 5.75 Å². The van der Waals surface area contributed by atoms with Gasteiger partial charge in [0.25, 0.3) is 0 Å². The number of hydrogen-bond donors (Lipinski definition) is 1. The summed E-state index contributed by atoms with van der Waals surface area (Å²) in [6.45, 7) is 5.50. The van der Waals surface area contributed by atoms with Crippen molar-refractivity contribution in [2.75, 3.05) is 0 Å². The first-order valence-corrected chi connectivity index (χ1v) is 4.92. The summed E-state index contributed by atoms with van der Waals surface area (Å²) < 4.78 is 5.51. The van der Waals surface area contributed by atoms with Gasteiger partial charge in [-0.2, -0.15) is 0 Å². The van der Waals surface area contributed by atoms with Gasteiger partial charge in [0.2, 0.25) is 0 Å². The fraction of sp³-hybridized carbons (Fsp3) is 0.154. The molecule has 0 aromatic heterocycles. The van der Waals surface area contributed by atoms with Crippen LogP contribution in [-0.2, 0) is 4.79 Å². The first-order valence-electron chi connectivity index (χ1n) is 4.92. The normalized spacial score (nSPS) is 12.3. The largest absolute Gasteiger partial charge is 0.487 e. The number of hydrogen-bond acceptors (Lipinski definition) is 2. The van der Waals surface area contributed by atoms with E-state index >= 15 is 0 Å². The summed E-state index contributed by atoms with van der Waals surface area (Å²) in [6.07, 6.45) is 4.24. The van der Waals surface area contributed by atoms with Crippen LogP contribution in [0.25, 0.3) is 6.08 Å². The zero-order valence-electron chi connectivity index (χ0n) is 9.09. The van der Waals surface area contributed by atoms with Gasteiger partial charge in [-0.25, -0.2) is 4.79 Å². The highest BCUT2D eigenvalue weighted by Gasteiger charge is 1.99. The summed E-state index contributed by atoms with van der Waals surface area (Å²) in [4.78, 5) is 10.4. The summed E-state index contributed by atoms with van der Waals surface area (Å²) in [7, 11) is 0. The summed E-state index contributed by atoms with van der Waals surface area (Å²) in [5.41, 5.74) is 0.788. The molecule has 1 rings (SSSR count). The summed E-state index contributed by atoms with van der Waals surface area (Å²) >= 11 is 0. The SMILES string of the molecule is C=CC(C)Oc1cccc(C=CC(=O)O)c1. The molecular formula is C13H14O3. The van der Waals surface area contributed by atoms with Gasteiger partial charge < -0.3 is 9.84 Å². The van der Waals surface area contributed by atoms with Crippen molar-refractivity contribution < 1.29 is 14.6 Å². The highest BCUT2D eigenvalue weighted by molar-refractivity contribution is 5.85. The molecule has 0 amide bonds. The van der Waals surface area contributed by atoms with Crippen LogP contribution in [0.2, 0.25) is 0 Å². The molecule has 1 aromatic rings. The molecule has 0 aliphatic rings. The molecule has 0 fully saturated rings. The predicted octanol–water partition coefficient (Wildman–Crippen LogP) is 2.74. The van der Waals surface area contributed by atoms with Crippen molar-refractivity contribution in [3.8, 4) is 5.75 Å². The van der Waals surface area contributed by atoms with Crippen LogP contribution in [-0.4, -0.2) is 17.2 Å². The Kier molecular flexibility index (Phi) is 4.33. The Labute approximate surface area is 94.7 Å². The third-order valence-corrected chi connectivity index (χ3v) is 1.93. The third-order valence-electron chi connectivity index (χ3n) is 1.93. The molecule has 0 saturated heterocycles. The molecule has 0 saturated carbocycles. The third kappa shape index (κ3) is 4.00. The van der Waals surface area contributed by atoms with Gasteiger partial charge in [0, 0.05) is 6.08 Å². The lowest BCUT2D eigenvalue weighted by molar-refractivity contribution is -0.131. The molecule has 3 nitrogen and oxygen atoms in total. The zero-order valence-corrected chi connectivity index (χ0v) is 9.09. The van der Waals surface area contributed by atoms with Crippen LogP contribution in [0.1, 0.15) is 12.5 Å². The Morgan fingerprint density at radius 2 is 2.31 bits per heavy atom. The number of carbonyl (C=O) groups is 1. The van der Waals surface area contributed by atoms with E-state index < -0.39 is 5.97 Å². The molecule has 3 heteroatoms. The first-order chi connectivity index (χ1) is 7.61. The average Bonchev–Trinajstić information content (AvgIpc) is 2.26. The lowest BCUT2D eigenvalue weighted by atomic mass is 10.2. The number of ether oxygens (including phenoxy) is 1. The topological polar surface area (TPSA) is 46.5 Å². The van der Waals surface area contributed by atoms with E-state index in [2.05, 4.69) is 6.58 Å². The van der Waals surface area contributed by atoms with E-state index in [9.17, 15) is 4.79 Å². The molecule has 1 atom stereocenters. The molecule has 1 N–H and O–H groups in total. The fourth-order valence-electron chi connectivity index (χ4n) is 1.12. The molecule has 84 valence electrons. The number of carboxylic acid groups (broad SMARTS) is 1. The monoisotopic (exact) mass is 218 g/mol. The van der Waals surface area contributed by atoms with Gasteiger partial charge in [-0.05, 0) is 30.7 Å². The first kappa shape index (κ1) is 12.0. The number of aliphatic carboxylic acids is 1. The van der Waals surface area contributed by atoms with Crippen molar-refractivity contribution in [3.63, 3.8) is 0 Å². The van der Waals surface area contributed by atoms with Gasteiger partial charge in [-0.1, -0.05) is 24.8 Å². The van der Waals surface area contributed by atoms with Gasteiger partial charge in [0.1, 0.15) is 11.9 Å². The minimum absolute atomic E-state index is 0.0706. The van der Waals surface area contributed by atoms with Crippen LogP contribution in [0.15, 0.2) is 43.0 Å². The summed E-state index contributed by atoms with van der Waals surface area (Å²) in [5, 5.41) is 8.50. The van der Waals surface area contributed by atoms with Gasteiger partial charge >= 0.3 is 5.97 Å². The minimum Gasteiger partial charge on any atom is -0.487 e. The minimum atomic E-state index is -0.967. The Hall–Kier alpha value is -2.03. The van der Waals surface area contributed by atoms with Gasteiger partial charge in [0.15, 0.2) is 0 Å². The fourth-order valence-corrected chi connectivity index (χ4v) is 1.12. The van der Waals surface area contributed by atoms with Crippen molar-refractivity contribution in [1.82, 2.24) is 0 Å². The van der Waals surface area contributed by atoms with Crippen LogP contribution in [0.4, 0.5) is 0 Å². The Morgan fingerprint density at radius 3 is 2.94 bits per heavy atom. The Balaban J connectivity index is 2.78. The van der Waals surface area contributed by atoms with E-state index in [4.69, 9.17) is 9.84 Å². The number of carboxylic acids is 1. The molecule has 0 heterocycles. The van der Waals surface area contributed by atoms with E-state index in [1.54, 1.807) is 12.1 Å². The van der Waals surface area contributed by atoms with E-state index in [1.807, 2.05) is 25.1 Å². The average molecular weight is 218 g/mol. The van der Waals surface area contributed by atoms with Crippen molar-refractivity contribution >= 4 is 12.0 Å². The van der Waals surface area contributed by atoms with Crippen LogP contribution in [0, 0.1) is 0 Å². The van der Waals surface area contributed by atoms with Crippen LogP contribution >= 0.6 is 0 Å². The smallest absolute Gasteiger partial charge is 0.328 e. The predicted molar refractivity (Wildman–Crippen MR) is 63.4 cm³/mol. The van der Waals surface area contributed by atoms with Gasteiger partial charge in [0.05, 0.1) is 0 Å².